The molecule has 0 saturated carbocycles. The van der Waals surface area contributed by atoms with Gasteiger partial charge in [0.25, 0.3) is 0 Å². The molecule has 18 heavy (non-hydrogen) atoms. The second-order valence-electron chi connectivity index (χ2n) is 3.83. The zero-order valence-electron chi connectivity index (χ0n) is 9.84. The van der Waals surface area contributed by atoms with Gasteiger partial charge in [0.2, 0.25) is 0 Å². The molecule has 1 N–H and O–H groups in total. The van der Waals surface area contributed by atoms with Gasteiger partial charge >= 0.3 is 6.55 Å². The molecule has 98 valence electrons. The number of hydrogen-bond donors (Lipinski definition) is 1. The van der Waals surface area contributed by atoms with Crippen LogP contribution in [0.5, 0.6) is 0 Å². The lowest BCUT2D eigenvalue weighted by molar-refractivity contribution is 0.0666. The molecule has 0 aliphatic heterocycles. The maximum Gasteiger partial charge on any atom is 0.319 e. The fraction of sp³-hybridized carbons (Fsp3) is 0.455. The summed E-state index contributed by atoms with van der Waals surface area (Å²) in [6.45, 7) is -0.649. The number of imidazole rings is 1. The first-order valence-corrected chi connectivity index (χ1v) is 5.75. The summed E-state index contributed by atoms with van der Waals surface area (Å²) in [5.41, 5.74) is 0. The summed E-state index contributed by atoms with van der Waals surface area (Å²) < 4.78 is 27.7. The first-order valence-electron chi connectivity index (χ1n) is 5.75. The topological polar surface area (TPSA) is 47.7 Å². The molecular weight excluding hydrogens is 240 g/mol. The molecule has 5 nitrogen and oxygen atoms in total. The van der Waals surface area contributed by atoms with Gasteiger partial charge in [0.05, 0.1) is 6.54 Å². The van der Waals surface area contributed by atoms with E-state index in [9.17, 15) is 8.78 Å². The number of hydrogen-bond acceptors (Lipinski definition) is 3. The number of rotatable bonds is 7. The quantitative estimate of drug-likeness (QED) is 0.765. The lowest BCUT2D eigenvalue weighted by atomic mass is 10.4. The highest BCUT2D eigenvalue weighted by Gasteiger charge is 2.10. The average Bonchev–Trinajstić information content (AvgIpc) is 2.98. The molecule has 0 unspecified atom stereocenters. The normalized spacial score (nSPS) is 11.3. The minimum atomic E-state index is -2.53. The van der Waals surface area contributed by atoms with Crippen molar-refractivity contribution < 1.29 is 8.78 Å². The van der Waals surface area contributed by atoms with Crippen LogP contribution in [0, 0.1) is 0 Å². The van der Waals surface area contributed by atoms with Gasteiger partial charge in [-0.15, -0.1) is 0 Å². The van der Waals surface area contributed by atoms with E-state index in [4.69, 9.17) is 0 Å². The van der Waals surface area contributed by atoms with Crippen molar-refractivity contribution in [2.24, 2.45) is 0 Å². The molecule has 2 rings (SSSR count). The summed E-state index contributed by atoms with van der Waals surface area (Å²) >= 11 is 0. The smallest absolute Gasteiger partial charge is 0.310 e. The number of aryl methyl sites for hydroxylation is 1. The van der Waals surface area contributed by atoms with E-state index in [-0.39, 0.29) is 0 Å². The first-order chi connectivity index (χ1) is 8.77. The van der Waals surface area contributed by atoms with E-state index in [2.05, 4.69) is 15.4 Å². The summed E-state index contributed by atoms with van der Waals surface area (Å²) in [5.74, 6) is 0.351. The Morgan fingerprint density at radius 1 is 1.28 bits per heavy atom. The molecule has 0 spiro atoms. The molecule has 0 amide bonds. The third-order valence-electron chi connectivity index (χ3n) is 2.54. The SMILES string of the molecule is FC(F)n1ccnc1CNCCCn1cccn1. The van der Waals surface area contributed by atoms with Crippen molar-refractivity contribution in [2.75, 3.05) is 6.54 Å². The molecule has 2 aromatic rings. The largest absolute Gasteiger partial charge is 0.319 e. The van der Waals surface area contributed by atoms with Crippen molar-refractivity contribution in [3.63, 3.8) is 0 Å². The van der Waals surface area contributed by atoms with Crippen LogP contribution in [0.1, 0.15) is 18.8 Å². The van der Waals surface area contributed by atoms with Gasteiger partial charge in [-0.1, -0.05) is 0 Å². The predicted molar refractivity (Wildman–Crippen MR) is 62.0 cm³/mol. The lowest BCUT2D eigenvalue weighted by Gasteiger charge is -2.07. The highest BCUT2D eigenvalue weighted by atomic mass is 19.3. The lowest BCUT2D eigenvalue weighted by Crippen LogP contribution is -2.19. The standard InChI is InChI=1S/C11H15F2N5/c12-11(13)18-8-5-15-10(18)9-14-3-1-6-17-7-2-4-16-17/h2,4-5,7-8,11,14H,1,3,6,9H2. The highest BCUT2D eigenvalue weighted by Crippen LogP contribution is 2.11. The van der Waals surface area contributed by atoms with Gasteiger partial charge < -0.3 is 5.32 Å². The third-order valence-corrected chi connectivity index (χ3v) is 2.54. The van der Waals surface area contributed by atoms with Crippen LogP contribution in [-0.4, -0.2) is 25.9 Å². The first kappa shape index (κ1) is 12.7. The van der Waals surface area contributed by atoms with Crippen molar-refractivity contribution in [3.05, 3.63) is 36.7 Å². The van der Waals surface area contributed by atoms with Gasteiger partial charge in [-0.3, -0.25) is 9.25 Å². The van der Waals surface area contributed by atoms with Crippen molar-refractivity contribution in [1.29, 1.82) is 0 Å². The maximum atomic E-state index is 12.5. The average molecular weight is 255 g/mol. The predicted octanol–water partition coefficient (Wildman–Crippen LogP) is 1.65. The Bertz CT molecular complexity index is 452. The van der Waals surface area contributed by atoms with E-state index in [1.807, 2.05) is 16.9 Å². The molecule has 0 radical (unpaired) electrons. The van der Waals surface area contributed by atoms with Gasteiger partial charge in [-0.05, 0) is 19.0 Å². The van der Waals surface area contributed by atoms with Crippen molar-refractivity contribution in [1.82, 2.24) is 24.6 Å². The van der Waals surface area contributed by atoms with Crippen LogP contribution in [-0.2, 0) is 13.1 Å². The van der Waals surface area contributed by atoms with E-state index in [0.717, 1.165) is 24.1 Å². The van der Waals surface area contributed by atoms with Crippen LogP contribution < -0.4 is 5.32 Å². The fourth-order valence-corrected chi connectivity index (χ4v) is 1.66. The van der Waals surface area contributed by atoms with Gasteiger partial charge in [-0.25, -0.2) is 4.98 Å². The molecule has 0 aliphatic rings. The summed E-state index contributed by atoms with van der Waals surface area (Å²) in [6, 6.07) is 1.87. The van der Waals surface area contributed by atoms with Gasteiger partial charge in [0.15, 0.2) is 0 Å². The zero-order chi connectivity index (χ0) is 12.8. The van der Waals surface area contributed by atoms with Crippen LogP contribution in [0.3, 0.4) is 0 Å². The number of nitrogens with one attached hydrogen (secondary N) is 1. The van der Waals surface area contributed by atoms with Crippen molar-refractivity contribution in [3.8, 4) is 0 Å². The number of aromatic nitrogens is 4. The number of halogens is 2. The van der Waals surface area contributed by atoms with Crippen LogP contribution >= 0.6 is 0 Å². The van der Waals surface area contributed by atoms with E-state index in [0.29, 0.717) is 12.4 Å². The molecule has 0 aromatic carbocycles. The Kier molecular flexibility index (Phi) is 4.40. The monoisotopic (exact) mass is 255 g/mol. The second-order valence-corrected chi connectivity index (χ2v) is 3.83. The van der Waals surface area contributed by atoms with Crippen LogP contribution in [0.2, 0.25) is 0 Å². The third kappa shape index (κ3) is 3.36. The molecular formula is C11H15F2N5. The Hall–Kier alpha value is -1.76. The molecule has 0 saturated heterocycles. The Balaban J connectivity index is 1.67. The zero-order valence-corrected chi connectivity index (χ0v) is 9.84. The number of nitrogens with zero attached hydrogens (tertiary/aromatic N) is 4. The van der Waals surface area contributed by atoms with E-state index < -0.39 is 6.55 Å². The Labute approximate surface area is 103 Å². The molecule has 0 fully saturated rings. The second kappa shape index (κ2) is 6.25. The maximum absolute atomic E-state index is 12.5. The van der Waals surface area contributed by atoms with E-state index in [1.165, 1.54) is 12.4 Å². The molecule has 2 aromatic heterocycles. The molecule has 0 bridgehead atoms. The molecule has 7 heteroatoms. The van der Waals surface area contributed by atoms with Gasteiger partial charge in [0, 0.05) is 31.3 Å². The summed E-state index contributed by atoms with van der Waals surface area (Å²) in [5, 5.41) is 7.16. The summed E-state index contributed by atoms with van der Waals surface area (Å²) in [4.78, 5) is 3.89. The van der Waals surface area contributed by atoms with E-state index >= 15 is 0 Å². The summed E-state index contributed by atoms with van der Waals surface area (Å²) in [6.07, 6.45) is 7.17. The number of alkyl halides is 2. The molecule has 0 atom stereocenters. The molecule has 0 aliphatic carbocycles. The highest BCUT2D eigenvalue weighted by molar-refractivity contribution is 4.92. The van der Waals surface area contributed by atoms with Crippen LogP contribution in [0.15, 0.2) is 30.9 Å². The van der Waals surface area contributed by atoms with Gasteiger partial charge in [0.1, 0.15) is 5.82 Å². The van der Waals surface area contributed by atoms with Crippen molar-refractivity contribution in [2.45, 2.75) is 26.1 Å². The van der Waals surface area contributed by atoms with Crippen molar-refractivity contribution >= 4 is 0 Å². The Morgan fingerprint density at radius 3 is 2.89 bits per heavy atom. The molecule has 2 heterocycles. The minimum absolute atomic E-state index is 0.344. The fourth-order valence-electron chi connectivity index (χ4n) is 1.66. The van der Waals surface area contributed by atoms with E-state index in [1.54, 1.807) is 6.20 Å². The minimum Gasteiger partial charge on any atom is -0.310 e. The Morgan fingerprint density at radius 2 is 2.17 bits per heavy atom. The van der Waals surface area contributed by atoms with Gasteiger partial charge in [-0.2, -0.15) is 13.9 Å². The van der Waals surface area contributed by atoms with Crippen LogP contribution in [0.4, 0.5) is 8.78 Å². The van der Waals surface area contributed by atoms with Crippen LogP contribution in [0.25, 0.3) is 0 Å². The summed E-state index contributed by atoms with van der Waals surface area (Å²) in [7, 11) is 0.